The average Bonchev–Trinajstić information content (AvgIpc) is 2.45. The quantitative estimate of drug-likeness (QED) is 0.723. The van der Waals surface area contributed by atoms with Crippen LogP contribution in [0.1, 0.15) is 20.3 Å². The van der Waals surface area contributed by atoms with E-state index in [4.69, 9.17) is 0 Å². The van der Waals surface area contributed by atoms with Gasteiger partial charge < -0.3 is 4.90 Å². The molecule has 1 unspecified atom stereocenters. The van der Waals surface area contributed by atoms with Crippen LogP contribution in [0.15, 0.2) is 0 Å². The van der Waals surface area contributed by atoms with Crippen LogP contribution in [0.3, 0.4) is 0 Å². The maximum Gasteiger partial charge on any atom is 0.279 e. The largest absolute Gasteiger partial charge is 0.339 e. The van der Waals surface area contributed by atoms with Crippen LogP contribution in [0.25, 0.3) is 0 Å². The summed E-state index contributed by atoms with van der Waals surface area (Å²) in [4.78, 5) is 13.2. The van der Waals surface area contributed by atoms with Crippen LogP contribution in [-0.4, -0.2) is 56.3 Å². The molecule has 1 aliphatic heterocycles. The highest BCUT2D eigenvalue weighted by Gasteiger charge is 2.33. The molecule has 1 heterocycles. The fourth-order valence-electron chi connectivity index (χ4n) is 1.63. The molecule has 6 nitrogen and oxygen atoms in total. The van der Waals surface area contributed by atoms with Crippen LogP contribution in [0, 0.1) is 0 Å². The Balaban J connectivity index is 2.64. The van der Waals surface area contributed by atoms with E-state index in [0.29, 0.717) is 6.54 Å². The number of nitrogens with one attached hydrogen (secondary N) is 1. The van der Waals surface area contributed by atoms with Crippen LogP contribution in [-0.2, 0) is 15.0 Å². The van der Waals surface area contributed by atoms with Crippen molar-refractivity contribution in [2.24, 2.45) is 0 Å². The Morgan fingerprint density at radius 1 is 1.44 bits per heavy atom. The molecule has 0 bridgehead atoms. The van der Waals surface area contributed by atoms with Gasteiger partial charge in [-0.05, 0) is 13.8 Å². The molecule has 1 N–H and O–H groups in total. The molecule has 0 aromatic rings. The number of hydrogen-bond donors (Lipinski definition) is 1. The van der Waals surface area contributed by atoms with E-state index in [1.807, 2.05) is 13.8 Å². The number of hydrogen-bond acceptors (Lipinski definition) is 3. The molecule has 0 saturated carbocycles. The van der Waals surface area contributed by atoms with Crippen LogP contribution in [0.5, 0.6) is 0 Å². The van der Waals surface area contributed by atoms with Gasteiger partial charge in [-0.1, -0.05) is 0 Å². The van der Waals surface area contributed by atoms with E-state index >= 15 is 0 Å². The van der Waals surface area contributed by atoms with E-state index in [0.717, 1.165) is 4.31 Å². The first-order chi connectivity index (χ1) is 7.24. The Bertz CT molecular complexity index is 364. The molecule has 0 spiro atoms. The highest BCUT2D eigenvalue weighted by molar-refractivity contribution is 7.87. The van der Waals surface area contributed by atoms with Crippen LogP contribution in [0.2, 0.25) is 0 Å². The van der Waals surface area contributed by atoms with Gasteiger partial charge in [0.2, 0.25) is 5.91 Å². The van der Waals surface area contributed by atoms with Crippen molar-refractivity contribution in [1.82, 2.24) is 13.9 Å². The fraction of sp³-hybridized carbons (Fsp3) is 0.889. The molecule has 1 rings (SSSR count). The van der Waals surface area contributed by atoms with Gasteiger partial charge in [-0.3, -0.25) is 4.79 Å². The number of amides is 1. The second-order valence-electron chi connectivity index (χ2n) is 4.45. The molecule has 16 heavy (non-hydrogen) atoms. The molecule has 0 aromatic carbocycles. The molecule has 1 amide bonds. The van der Waals surface area contributed by atoms with Crippen molar-refractivity contribution in [2.45, 2.75) is 32.4 Å². The van der Waals surface area contributed by atoms with Crippen molar-refractivity contribution in [3.8, 4) is 0 Å². The molecule has 1 aliphatic rings. The molecule has 1 saturated heterocycles. The van der Waals surface area contributed by atoms with Gasteiger partial charge in [0, 0.05) is 39.1 Å². The number of likely N-dealkylation sites (tertiary alicyclic amines) is 1. The van der Waals surface area contributed by atoms with Crippen molar-refractivity contribution in [2.75, 3.05) is 20.6 Å². The normalized spacial score (nSPS) is 22.5. The van der Waals surface area contributed by atoms with Gasteiger partial charge in [0.25, 0.3) is 10.2 Å². The van der Waals surface area contributed by atoms with Crippen molar-refractivity contribution in [1.29, 1.82) is 0 Å². The number of nitrogens with zero attached hydrogens (tertiary/aromatic N) is 2. The second kappa shape index (κ2) is 4.68. The van der Waals surface area contributed by atoms with Gasteiger partial charge in [-0.15, -0.1) is 0 Å². The molecule has 1 fully saturated rings. The van der Waals surface area contributed by atoms with Crippen LogP contribution in [0.4, 0.5) is 0 Å². The summed E-state index contributed by atoms with van der Waals surface area (Å²) in [6.45, 7) is 4.28. The van der Waals surface area contributed by atoms with Crippen molar-refractivity contribution < 1.29 is 13.2 Å². The molecule has 0 aromatic heterocycles. The Hall–Kier alpha value is -0.660. The first-order valence-electron chi connectivity index (χ1n) is 5.23. The molecule has 0 radical (unpaired) electrons. The van der Waals surface area contributed by atoms with Crippen molar-refractivity contribution in [3.63, 3.8) is 0 Å². The third kappa shape index (κ3) is 2.93. The van der Waals surface area contributed by atoms with E-state index in [2.05, 4.69) is 4.72 Å². The minimum atomic E-state index is -3.45. The Kier molecular flexibility index (Phi) is 3.92. The Labute approximate surface area is 96.8 Å². The number of carbonyl (C=O) groups excluding carboxylic acids is 1. The summed E-state index contributed by atoms with van der Waals surface area (Å²) in [6, 6.07) is -0.205. The summed E-state index contributed by atoms with van der Waals surface area (Å²) in [5, 5.41) is 0. The van der Waals surface area contributed by atoms with E-state index in [-0.39, 0.29) is 24.4 Å². The highest BCUT2D eigenvalue weighted by Crippen LogP contribution is 2.15. The predicted molar refractivity (Wildman–Crippen MR) is 61.0 cm³/mol. The third-order valence-corrected chi connectivity index (χ3v) is 4.17. The summed E-state index contributed by atoms with van der Waals surface area (Å²) < 4.78 is 26.7. The molecule has 7 heteroatoms. The maximum atomic E-state index is 11.6. The maximum absolute atomic E-state index is 11.6. The predicted octanol–water partition coefficient (Wildman–Crippen LogP) is -0.608. The summed E-state index contributed by atoms with van der Waals surface area (Å²) in [5.74, 6) is 0.00135. The lowest BCUT2D eigenvalue weighted by molar-refractivity contribution is -0.129. The third-order valence-electron chi connectivity index (χ3n) is 2.58. The average molecular weight is 249 g/mol. The monoisotopic (exact) mass is 249 g/mol. The molecular formula is C9H19N3O3S. The zero-order chi connectivity index (χ0) is 12.5. The number of carbonyl (C=O) groups is 1. The Morgan fingerprint density at radius 3 is 2.38 bits per heavy atom. The first kappa shape index (κ1) is 13.4. The van der Waals surface area contributed by atoms with Gasteiger partial charge >= 0.3 is 0 Å². The smallest absolute Gasteiger partial charge is 0.279 e. The molecule has 1 atom stereocenters. The summed E-state index contributed by atoms with van der Waals surface area (Å²) >= 11 is 0. The van der Waals surface area contributed by atoms with E-state index < -0.39 is 10.2 Å². The van der Waals surface area contributed by atoms with Crippen LogP contribution < -0.4 is 4.72 Å². The summed E-state index contributed by atoms with van der Waals surface area (Å²) in [6.07, 6.45) is 0.241. The van der Waals surface area contributed by atoms with E-state index in [9.17, 15) is 13.2 Å². The molecule has 94 valence electrons. The zero-order valence-corrected chi connectivity index (χ0v) is 10.9. The molecular weight excluding hydrogens is 230 g/mol. The van der Waals surface area contributed by atoms with Crippen LogP contribution >= 0.6 is 0 Å². The summed E-state index contributed by atoms with van der Waals surface area (Å²) in [5.41, 5.74) is 0. The number of rotatable bonds is 4. The first-order valence-corrected chi connectivity index (χ1v) is 6.67. The van der Waals surface area contributed by atoms with E-state index in [1.54, 1.807) is 4.90 Å². The SMILES string of the molecule is CC(C)N1CC(NS(=O)(=O)N(C)C)CC1=O. The summed E-state index contributed by atoms with van der Waals surface area (Å²) in [7, 11) is -0.534. The van der Waals surface area contributed by atoms with Gasteiger partial charge in [-0.25, -0.2) is 0 Å². The minimum absolute atomic E-state index is 0.00135. The second-order valence-corrected chi connectivity index (χ2v) is 6.36. The fourth-order valence-corrected chi connectivity index (χ4v) is 2.42. The van der Waals surface area contributed by atoms with Gasteiger partial charge in [0.15, 0.2) is 0 Å². The van der Waals surface area contributed by atoms with Gasteiger partial charge in [0.05, 0.1) is 0 Å². The Morgan fingerprint density at radius 2 is 2.00 bits per heavy atom. The van der Waals surface area contributed by atoms with Gasteiger partial charge in [-0.2, -0.15) is 17.4 Å². The standard InChI is InChI=1S/C9H19N3O3S/c1-7(2)12-6-8(5-9(12)13)10-16(14,15)11(3)4/h7-8,10H,5-6H2,1-4H3. The minimum Gasteiger partial charge on any atom is -0.339 e. The molecule has 0 aliphatic carbocycles. The topological polar surface area (TPSA) is 69.7 Å². The highest BCUT2D eigenvalue weighted by atomic mass is 32.2. The lowest BCUT2D eigenvalue weighted by atomic mass is 10.3. The van der Waals surface area contributed by atoms with Crippen molar-refractivity contribution >= 4 is 16.1 Å². The van der Waals surface area contributed by atoms with E-state index in [1.165, 1.54) is 14.1 Å². The zero-order valence-electron chi connectivity index (χ0n) is 10.1. The van der Waals surface area contributed by atoms with Crippen molar-refractivity contribution in [3.05, 3.63) is 0 Å². The van der Waals surface area contributed by atoms with Gasteiger partial charge in [0.1, 0.15) is 0 Å². The lowest BCUT2D eigenvalue weighted by Gasteiger charge is -2.21. The lowest BCUT2D eigenvalue weighted by Crippen LogP contribution is -2.43.